The van der Waals surface area contributed by atoms with Gasteiger partial charge >= 0.3 is 6.03 Å². The number of sulfone groups is 1. The van der Waals surface area contributed by atoms with Crippen molar-refractivity contribution in [1.82, 2.24) is 20.1 Å². The van der Waals surface area contributed by atoms with Gasteiger partial charge < -0.3 is 15.2 Å². The monoisotopic (exact) mass is 494 g/mol. The number of hydrogen-bond donors (Lipinski definition) is 2. The summed E-state index contributed by atoms with van der Waals surface area (Å²) in [5, 5.41) is 3.66. The molecule has 3 heterocycles. The van der Waals surface area contributed by atoms with Gasteiger partial charge in [0.2, 0.25) is 5.91 Å². The highest BCUT2D eigenvalue weighted by atomic mass is 32.2. The summed E-state index contributed by atoms with van der Waals surface area (Å²) in [5.74, 6) is -1.01. The molecule has 2 N–H and O–H groups in total. The molecule has 1 aromatic heterocycles. The molecule has 3 aromatic rings. The van der Waals surface area contributed by atoms with Crippen LogP contribution >= 0.6 is 0 Å². The Bertz CT molecular complexity index is 1390. The van der Waals surface area contributed by atoms with Crippen LogP contribution in [0.25, 0.3) is 10.9 Å². The third kappa shape index (κ3) is 4.79. The molecule has 2 aromatic carbocycles. The molecule has 2 aliphatic rings. The van der Waals surface area contributed by atoms with Crippen LogP contribution in [0.3, 0.4) is 0 Å². The van der Waals surface area contributed by atoms with E-state index in [0.717, 1.165) is 26.9 Å². The molecule has 4 amide bonds. The van der Waals surface area contributed by atoms with E-state index < -0.39 is 46.3 Å². The molecule has 5 rings (SSSR count). The summed E-state index contributed by atoms with van der Waals surface area (Å²) in [4.78, 5) is 44.7. The number of aromatic amines is 1. The van der Waals surface area contributed by atoms with Crippen LogP contribution in [0.5, 0.6) is 0 Å². The van der Waals surface area contributed by atoms with Gasteiger partial charge in [-0.1, -0.05) is 48.5 Å². The minimum absolute atomic E-state index is 0.0199. The maximum absolute atomic E-state index is 13.3. The zero-order valence-corrected chi connectivity index (χ0v) is 19.8. The fraction of sp³-hybridized carbons (Fsp3) is 0.320. The third-order valence-corrected chi connectivity index (χ3v) is 8.41. The van der Waals surface area contributed by atoms with Gasteiger partial charge in [0.05, 0.1) is 11.5 Å². The van der Waals surface area contributed by atoms with E-state index in [1.165, 1.54) is 4.90 Å². The standard InChI is InChI=1S/C25H26N4O5S/c30-23(28(14-17-6-2-1-3-7-17)19-10-11-35(33,34)16-19)15-29-24(31)22(27-25(29)32)12-18-13-26-21-9-5-4-8-20(18)21/h1-9,13,19,22,26H,10-12,14-16H2,(H,27,32)/t19-,22+/m0/s1. The van der Waals surface area contributed by atoms with Crippen LogP contribution in [0.15, 0.2) is 60.8 Å². The van der Waals surface area contributed by atoms with Crippen LogP contribution in [-0.2, 0) is 32.4 Å². The van der Waals surface area contributed by atoms with Crippen molar-refractivity contribution >= 4 is 38.6 Å². The molecule has 9 nitrogen and oxygen atoms in total. The second-order valence-corrected chi connectivity index (χ2v) is 11.3. The summed E-state index contributed by atoms with van der Waals surface area (Å²) >= 11 is 0. The van der Waals surface area contributed by atoms with E-state index in [9.17, 15) is 22.8 Å². The molecule has 0 spiro atoms. The van der Waals surface area contributed by atoms with E-state index in [1.807, 2.05) is 60.8 Å². The van der Waals surface area contributed by atoms with Crippen molar-refractivity contribution in [3.05, 3.63) is 71.9 Å². The van der Waals surface area contributed by atoms with E-state index in [2.05, 4.69) is 10.3 Å². The predicted molar refractivity (Wildman–Crippen MR) is 130 cm³/mol. The highest BCUT2D eigenvalue weighted by Gasteiger charge is 2.41. The molecule has 2 aliphatic heterocycles. The molecule has 0 saturated carbocycles. The van der Waals surface area contributed by atoms with Gasteiger partial charge in [-0.2, -0.15) is 0 Å². The van der Waals surface area contributed by atoms with E-state index in [1.54, 1.807) is 0 Å². The van der Waals surface area contributed by atoms with Crippen molar-refractivity contribution in [2.24, 2.45) is 0 Å². The summed E-state index contributed by atoms with van der Waals surface area (Å²) in [6.07, 6.45) is 2.46. The molecule has 35 heavy (non-hydrogen) atoms. The van der Waals surface area contributed by atoms with Gasteiger partial charge in [0.15, 0.2) is 9.84 Å². The third-order valence-electron chi connectivity index (χ3n) is 6.66. The zero-order chi connectivity index (χ0) is 24.6. The van der Waals surface area contributed by atoms with Crippen molar-refractivity contribution in [3.8, 4) is 0 Å². The lowest BCUT2D eigenvalue weighted by atomic mass is 10.1. The number of H-pyrrole nitrogens is 1. The Hall–Kier alpha value is -3.66. The summed E-state index contributed by atoms with van der Waals surface area (Å²) in [6.45, 7) is -0.222. The molecular formula is C25H26N4O5S. The number of carbonyl (C=O) groups excluding carboxylic acids is 3. The number of nitrogens with one attached hydrogen (secondary N) is 2. The number of rotatable bonds is 7. The largest absolute Gasteiger partial charge is 0.361 e. The first-order valence-corrected chi connectivity index (χ1v) is 13.3. The first kappa shape index (κ1) is 23.1. The number of aromatic nitrogens is 1. The van der Waals surface area contributed by atoms with Crippen LogP contribution in [0.2, 0.25) is 0 Å². The van der Waals surface area contributed by atoms with Crippen molar-refractivity contribution < 1.29 is 22.8 Å². The number of carbonyl (C=O) groups is 3. The Kier molecular flexibility index (Phi) is 6.06. The first-order chi connectivity index (χ1) is 16.8. The smallest absolute Gasteiger partial charge is 0.325 e. The Morgan fingerprint density at radius 2 is 1.80 bits per heavy atom. The topological polar surface area (TPSA) is 120 Å². The summed E-state index contributed by atoms with van der Waals surface area (Å²) in [5.41, 5.74) is 2.68. The quantitative estimate of drug-likeness (QED) is 0.486. The van der Waals surface area contributed by atoms with E-state index in [4.69, 9.17) is 0 Å². The SMILES string of the molecule is O=C1N[C@H](Cc2c[nH]c3ccccc23)C(=O)N1CC(=O)N(Cc1ccccc1)[C@H]1CCS(=O)(=O)C1. The molecule has 2 saturated heterocycles. The number of benzene rings is 2. The average Bonchev–Trinajstić information content (AvgIpc) is 3.50. The molecule has 0 bridgehead atoms. The number of nitrogens with zero attached hydrogens (tertiary/aromatic N) is 2. The average molecular weight is 495 g/mol. The van der Waals surface area contributed by atoms with Gasteiger partial charge in [0.25, 0.3) is 5.91 Å². The van der Waals surface area contributed by atoms with Crippen LogP contribution in [-0.4, -0.2) is 71.2 Å². The van der Waals surface area contributed by atoms with E-state index in [-0.39, 0.29) is 18.1 Å². The Balaban J connectivity index is 1.31. The maximum atomic E-state index is 13.3. The number of fused-ring (bicyclic) bond motifs is 1. The summed E-state index contributed by atoms with van der Waals surface area (Å²) in [7, 11) is -3.23. The van der Waals surface area contributed by atoms with Gasteiger partial charge in [0.1, 0.15) is 12.6 Å². The van der Waals surface area contributed by atoms with E-state index in [0.29, 0.717) is 12.8 Å². The van der Waals surface area contributed by atoms with Crippen LogP contribution < -0.4 is 5.32 Å². The zero-order valence-electron chi connectivity index (χ0n) is 19.0. The number of imide groups is 1. The number of hydrogen-bond acceptors (Lipinski definition) is 5. The van der Waals surface area contributed by atoms with Crippen LogP contribution in [0.4, 0.5) is 4.79 Å². The second kappa shape index (κ2) is 9.18. The molecule has 0 aliphatic carbocycles. The first-order valence-electron chi connectivity index (χ1n) is 11.5. The van der Waals surface area contributed by atoms with Gasteiger partial charge in [-0.15, -0.1) is 0 Å². The molecular weight excluding hydrogens is 468 g/mol. The molecule has 0 unspecified atom stereocenters. The molecule has 2 atom stereocenters. The lowest BCUT2D eigenvalue weighted by molar-refractivity contribution is -0.139. The van der Waals surface area contributed by atoms with Crippen LogP contribution in [0, 0.1) is 0 Å². The molecule has 0 radical (unpaired) electrons. The lowest BCUT2D eigenvalue weighted by Crippen LogP contribution is -2.47. The molecule has 10 heteroatoms. The fourth-order valence-electron chi connectivity index (χ4n) is 4.83. The minimum Gasteiger partial charge on any atom is -0.361 e. The van der Waals surface area contributed by atoms with E-state index >= 15 is 0 Å². The highest BCUT2D eigenvalue weighted by molar-refractivity contribution is 7.91. The van der Waals surface area contributed by atoms with Crippen molar-refractivity contribution in [2.75, 3.05) is 18.1 Å². The number of urea groups is 1. The van der Waals surface area contributed by atoms with Crippen molar-refractivity contribution in [3.63, 3.8) is 0 Å². The number of amides is 4. The summed E-state index contributed by atoms with van der Waals surface area (Å²) < 4.78 is 24.2. The minimum atomic E-state index is -3.23. The van der Waals surface area contributed by atoms with Crippen molar-refractivity contribution in [1.29, 1.82) is 0 Å². The number of para-hydroxylation sites is 1. The van der Waals surface area contributed by atoms with Gasteiger partial charge in [0, 0.05) is 36.1 Å². The Labute approximate surface area is 203 Å². The van der Waals surface area contributed by atoms with Gasteiger partial charge in [-0.05, 0) is 23.6 Å². The highest BCUT2D eigenvalue weighted by Crippen LogP contribution is 2.23. The molecule has 182 valence electrons. The van der Waals surface area contributed by atoms with Crippen LogP contribution in [0.1, 0.15) is 17.5 Å². The fourth-order valence-corrected chi connectivity index (χ4v) is 6.56. The Morgan fingerprint density at radius 3 is 2.54 bits per heavy atom. The van der Waals surface area contributed by atoms with Gasteiger partial charge in [-0.25, -0.2) is 13.2 Å². The predicted octanol–water partition coefficient (Wildman–Crippen LogP) is 1.85. The normalized spacial score (nSPS) is 21.4. The molecule has 2 fully saturated rings. The second-order valence-electron chi connectivity index (χ2n) is 9.05. The maximum Gasteiger partial charge on any atom is 0.325 e. The Morgan fingerprint density at radius 1 is 1.06 bits per heavy atom. The lowest BCUT2D eigenvalue weighted by Gasteiger charge is -2.29. The summed E-state index contributed by atoms with van der Waals surface area (Å²) in [6, 6.07) is 15.1. The van der Waals surface area contributed by atoms with Gasteiger partial charge in [-0.3, -0.25) is 14.5 Å². The van der Waals surface area contributed by atoms with Crippen molar-refractivity contribution in [2.45, 2.75) is 31.5 Å².